The Hall–Kier alpha value is -4.95. The molecule has 0 fully saturated rings. The Morgan fingerprint density at radius 3 is 2.54 bits per heavy atom. The van der Waals surface area contributed by atoms with Crippen LogP contribution in [0.3, 0.4) is 0 Å². The number of benzene rings is 3. The molecule has 8 heteroatoms. The summed E-state index contributed by atoms with van der Waals surface area (Å²) in [5.74, 6) is 0.383. The number of nitrogens with zero attached hydrogens (tertiary/aromatic N) is 3. The third-order valence-electron chi connectivity index (χ3n) is 7.16. The minimum atomic E-state index is -0.662. The topological polar surface area (TPSA) is 77.6 Å². The van der Waals surface area contributed by atoms with Gasteiger partial charge in [0, 0.05) is 34.9 Å². The fourth-order valence-corrected chi connectivity index (χ4v) is 6.29. The van der Waals surface area contributed by atoms with E-state index >= 15 is 0 Å². The number of aromatic nitrogens is 2. The van der Waals surface area contributed by atoms with Crippen LogP contribution < -0.4 is 24.9 Å². The lowest BCUT2D eigenvalue weighted by atomic mass is 9.95. The summed E-state index contributed by atoms with van der Waals surface area (Å²) in [5, 5.41) is 4.03. The first kappa shape index (κ1) is 26.3. The first-order valence-corrected chi connectivity index (χ1v) is 14.0. The summed E-state index contributed by atoms with van der Waals surface area (Å²) < 4.78 is 9.65. The third kappa shape index (κ3) is 4.83. The molecule has 0 saturated heterocycles. The Bertz CT molecular complexity index is 2000. The molecule has 0 saturated carbocycles. The fraction of sp³-hybridized carbons (Fsp3) is 0.121. The van der Waals surface area contributed by atoms with Crippen LogP contribution in [0.2, 0.25) is 0 Å². The predicted molar refractivity (Wildman–Crippen MR) is 164 cm³/mol. The van der Waals surface area contributed by atoms with Gasteiger partial charge in [0.05, 0.1) is 29.0 Å². The SMILES string of the molecule is C=CCn1cc(/C=c2/sc3n(c2=O)[C@H](c2ccc(OC)cc2)C(C(=O)Nc2ccccc2)=C(C)N=3)c2ccccc21. The zero-order chi connectivity index (χ0) is 28.5. The molecule has 1 amide bonds. The number of methoxy groups -OCH3 is 1. The number of thiazole rings is 1. The lowest BCUT2D eigenvalue weighted by molar-refractivity contribution is -0.113. The van der Waals surface area contributed by atoms with E-state index in [0.717, 1.165) is 22.0 Å². The van der Waals surface area contributed by atoms with E-state index in [1.54, 1.807) is 11.7 Å². The number of carbonyl (C=O) groups is 1. The zero-order valence-corrected chi connectivity index (χ0v) is 23.5. The highest BCUT2D eigenvalue weighted by Gasteiger charge is 2.32. The number of nitrogens with one attached hydrogen (secondary N) is 1. The van der Waals surface area contributed by atoms with Crippen LogP contribution in [0.5, 0.6) is 5.75 Å². The molecular weight excluding hydrogens is 532 g/mol. The second-order valence-electron chi connectivity index (χ2n) is 9.72. The molecule has 3 heterocycles. The van der Waals surface area contributed by atoms with E-state index in [9.17, 15) is 9.59 Å². The first-order valence-electron chi connectivity index (χ1n) is 13.2. The maximum Gasteiger partial charge on any atom is 0.271 e. The van der Waals surface area contributed by atoms with Gasteiger partial charge in [-0.1, -0.05) is 65.9 Å². The fourth-order valence-electron chi connectivity index (χ4n) is 5.25. The summed E-state index contributed by atoms with van der Waals surface area (Å²) in [5.41, 5.74) is 4.24. The van der Waals surface area contributed by atoms with Gasteiger partial charge in [0.2, 0.25) is 0 Å². The number of rotatable bonds is 7. The molecular formula is C33H28N4O3S. The maximum absolute atomic E-state index is 14.1. The van der Waals surface area contributed by atoms with E-state index in [-0.39, 0.29) is 11.5 Å². The van der Waals surface area contributed by atoms with Crippen molar-refractivity contribution in [2.75, 3.05) is 12.4 Å². The van der Waals surface area contributed by atoms with E-state index in [4.69, 9.17) is 9.73 Å². The summed E-state index contributed by atoms with van der Waals surface area (Å²) in [6.07, 6.45) is 5.80. The van der Waals surface area contributed by atoms with Gasteiger partial charge in [0.1, 0.15) is 5.75 Å². The van der Waals surface area contributed by atoms with Gasteiger partial charge in [0.25, 0.3) is 11.5 Å². The van der Waals surface area contributed by atoms with Crippen molar-refractivity contribution in [2.24, 2.45) is 4.99 Å². The number of para-hydroxylation sites is 2. The number of allylic oxidation sites excluding steroid dienone is 2. The molecule has 1 atom stereocenters. The second-order valence-corrected chi connectivity index (χ2v) is 10.7. The number of ether oxygens (including phenoxy) is 1. The normalized spacial score (nSPS) is 15.0. The number of hydrogen-bond acceptors (Lipinski definition) is 5. The number of carbonyl (C=O) groups excluding carboxylic acids is 1. The summed E-state index contributed by atoms with van der Waals surface area (Å²) >= 11 is 1.32. The highest BCUT2D eigenvalue weighted by molar-refractivity contribution is 7.07. The average Bonchev–Trinajstić information content (AvgIpc) is 3.49. The van der Waals surface area contributed by atoms with Crippen molar-refractivity contribution in [2.45, 2.75) is 19.5 Å². The lowest BCUT2D eigenvalue weighted by Gasteiger charge is -2.25. The number of hydrogen-bond donors (Lipinski definition) is 1. The van der Waals surface area contributed by atoms with Crippen LogP contribution >= 0.6 is 11.3 Å². The second kappa shape index (κ2) is 10.9. The van der Waals surface area contributed by atoms with Crippen molar-refractivity contribution < 1.29 is 9.53 Å². The molecule has 1 N–H and O–H groups in total. The van der Waals surface area contributed by atoms with Crippen LogP contribution in [0.1, 0.15) is 24.1 Å². The standard InChI is InChI=1S/C33H28N4O3S/c1-4-18-36-20-23(26-12-8-9-13-27(26)36)19-28-32(39)37-30(22-14-16-25(40-3)17-15-22)29(21(2)34-33(37)41-28)31(38)35-24-10-6-5-7-11-24/h4-17,19-20,30H,1,18H2,2-3H3,(H,35,38)/b28-19+/t30-/m1/s1. The monoisotopic (exact) mass is 560 g/mol. The Morgan fingerprint density at radius 2 is 1.80 bits per heavy atom. The Labute approximate surface area is 240 Å². The highest BCUT2D eigenvalue weighted by Crippen LogP contribution is 2.32. The average molecular weight is 561 g/mol. The largest absolute Gasteiger partial charge is 0.497 e. The van der Waals surface area contributed by atoms with Crippen LogP contribution in [0, 0.1) is 0 Å². The molecule has 41 heavy (non-hydrogen) atoms. The van der Waals surface area contributed by atoms with Crippen molar-refractivity contribution in [1.82, 2.24) is 9.13 Å². The lowest BCUT2D eigenvalue weighted by Crippen LogP contribution is -2.40. The van der Waals surface area contributed by atoms with Crippen LogP contribution in [0.4, 0.5) is 5.69 Å². The van der Waals surface area contributed by atoms with Crippen LogP contribution in [0.25, 0.3) is 17.0 Å². The van der Waals surface area contributed by atoms with Crippen molar-refractivity contribution in [3.63, 3.8) is 0 Å². The molecule has 1 aliphatic heterocycles. The molecule has 0 unspecified atom stereocenters. The van der Waals surface area contributed by atoms with E-state index in [1.165, 1.54) is 11.3 Å². The van der Waals surface area contributed by atoms with Crippen molar-refractivity contribution in [1.29, 1.82) is 0 Å². The molecule has 1 aliphatic rings. The first-order chi connectivity index (χ1) is 20.0. The van der Waals surface area contributed by atoms with Gasteiger partial charge in [-0.05, 0) is 48.9 Å². The van der Waals surface area contributed by atoms with Gasteiger partial charge in [-0.3, -0.25) is 14.2 Å². The zero-order valence-electron chi connectivity index (χ0n) is 22.7. The summed E-state index contributed by atoms with van der Waals surface area (Å²) in [6, 6.07) is 24.1. The molecule has 3 aromatic carbocycles. The predicted octanol–water partition coefficient (Wildman–Crippen LogP) is 5.02. The number of anilines is 1. The number of amides is 1. The maximum atomic E-state index is 14.1. The van der Waals surface area contributed by atoms with Crippen molar-refractivity contribution in [3.8, 4) is 5.75 Å². The van der Waals surface area contributed by atoms with Gasteiger partial charge < -0.3 is 14.6 Å². The van der Waals surface area contributed by atoms with Gasteiger partial charge in [-0.15, -0.1) is 6.58 Å². The molecule has 0 spiro atoms. The van der Waals surface area contributed by atoms with E-state index in [1.807, 2.05) is 98.1 Å². The van der Waals surface area contributed by atoms with E-state index < -0.39 is 6.04 Å². The molecule has 6 rings (SSSR count). The Morgan fingerprint density at radius 1 is 1.07 bits per heavy atom. The van der Waals surface area contributed by atoms with Crippen LogP contribution in [-0.2, 0) is 11.3 Å². The third-order valence-corrected chi connectivity index (χ3v) is 8.14. The molecule has 0 bridgehead atoms. The van der Waals surface area contributed by atoms with E-state index in [0.29, 0.717) is 38.6 Å². The Kier molecular flexibility index (Phi) is 6.99. The molecule has 2 aromatic heterocycles. The summed E-state index contributed by atoms with van der Waals surface area (Å²) in [7, 11) is 1.60. The quantitative estimate of drug-likeness (QED) is 0.284. The Balaban J connectivity index is 1.52. The summed E-state index contributed by atoms with van der Waals surface area (Å²) in [4.78, 5) is 33.1. The molecule has 0 aliphatic carbocycles. The van der Waals surface area contributed by atoms with E-state index in [2.05, 4.69) is 22.5 Å². The van der Waals surface area contributed by atoms with Crippen LogP contribution in [-0.4, -0.2) is 22.2 Å². The van der Waals surface area contributed by atoms with Crippen molar-refractivity contribution >= 4 is 39.9 Å². The molecule has 204 valence electrons. The van der Waals surface area contributed by atoms with Gasteiger partial charge in [0.15, 0.2) is 4.80 Å². The summed E-state index contributed by atoms with van der Waals surface area (Å²) in [6.45, 7) is 6.35. The minimum absolute atomic E-state index is 0.201. The minimum Gasteiger partial charge on any atom is -0.497 e. The smallest absolute Gasteiger partial charge is 0.271 e. The highest BCUT2D eigenvalue weighted by atomic mass is 32.1. The van der Waals surface area contributed by atoms with Gasteiger partial charge >= 0.3 is 0 Å². The molecule has 0 radical (unpaired) electrons. The molecule has 5 aromatic rings. The van der Waals surface area contributed by atoms with Crippen LogP contribution in [0.15, 0.2) is 119 Å². The van der Waals surface area contributed by atoms with Crippen molar-refractivity contribution in [3.05, 3.63) is 140 Å². The number of fused-ring (bicyclic) bond motifs is 2. The van der Waals surface area contributed by atoms with Gasteiger partial charge in [-0.25, -0.2) is 4.99 Å². The van der Waals surface area contributed by atoms with Gasteiger partial charge in [-0.2, -0.15) is 0 Å². The molecule has 7 nitrogen and oxygen atoms in total.